The molecule has 2 rings (SSSR count). The van der Waals surface area contributed by atoms with E-state index in [2.05, 4.69) is 18.4 Å². The quantitative estimate of drug-likeness (QED) is 0.736. The van der Waals surface area contributed by atoms with Crippen LogP contribution in [-0.4, -0.2) is 7.11 Å². The molecule has 1 aromatic carbocycles. The van der Waals surface area contributed by atoms with Gasteiger partial charge in [0.1, 0.15) is 5.75 Å². The van der Waals surface area contributed by atoms with Crippen LogP contribution < -0.4 is 4.74 Å². The molecule has 0 spiro atoms. The first kappa shape index (κ1) is 11.5. The fraction of sp³-hybridized carbons (Fsp3) is 0.231. The molecule has 16 heavy (non-hydrogen) atoms. The summed E-state index contributed by atoms with van der Waals surface area (Å²) >= 11 is 8.11. The fourth-order valence-electron chi connectivity index (χ4n) is 1.66. The van der Waals surface area contributed by atoms with Crippen molar-refractivity contribution in [3.8, 4) is 5.75 Å². The summed E-state index contributed by atoms with van der Waals surface area (Å²) in [4.78, 5) is 0. The van der Waals surface area contributed by atoms with Crippen LogP contribution in [0.3, 0.4) is 0 Å². The summed E-state index contributed by atoms with van der Waals surface area (Å²) < 4.78 is 5.18. The highest BCUT2D eigenvalue weighted by atomic mass is 35.5. The molecular weight excluding hydrogens is 240 g/mol. The van der Waals surface area contributed by atoms with Crippen molar-refractivity contribution in [3.05, 3.63) is 51.7 Å². The highest BCUT2D eigenvalue weighted by Gasteiger charge is 2.13. The summed E-state index contributed by atoms with van der Waals surface area (Å²) in [6, 6.07) is 8.05. The van der Waals surface area contributed by atoms with Gasteiger partial charge in [0.25, 0.3) is 0 Å². The first-order valence-corrected chi connectivity index (χ1v) is 6.41. The Kier molecular flexibility index (Phi) is 3.52. The largest absolute Gasteiger partial charge is 0.497 e. The fourth-order valence-corrected chi connectivity index (χ4v) is 2.80. The van der Waals surface area contributed by atoms with E-state index in [-0.39, 0.29) is 5.38 Å². The number of halogens is 1. The Morgan fingerprint density at radius 2 is 2.12 bits per heavy atom. The third-order valence-corrected chi connectivity index (χ3v) is 3.77. The van der Waals surface area contributed by atoms with Crippen molar-refractivity contribution < 1.29 is 4.74 Å². The molecule has 0 amide bonds. The number of hydrogen-bond acceptors (Lipinski definition) is 2. The predicted molar refractivity (Wildman–Crippen MR) is 69.7 cm³/mol. The number of ether oxygens (including phenoxy) is 1. The minimum Gasteiger partial charge on any atom is -0.497 e. The second-order valence-corrected chi connectivity index (χ2v) is 4.86. The monoisotopic (exact) mass is 252 g/mol. The van der Waals surface area contributed by atoms with Gasteiger partial charge in [-0.1, -0.05) is 6.07 Å². The van der Waals surface area contributed by atoms with Gasteiger partial charge >= 0.3 is 0 Å². The second-order valence-electron chi connectivity index (χ2n) is 3.64. The average Bonchev–Trinajstić information content (AvgIpc) is 2.81. The molecule has 0 saturated carbocycles. The molecule has 0 aliphatic carbocycles. The predicted octanol–water partition coefficient (Wildman–Crippen LogP) is 4.39. The van der Waals surface area contributed by atoms with E-state index in [1.165, 1.54) is 0 Å². The van der Waals surface area contributed by atoms with Gasteiger partial charge in [-0.15, -0.1) is 11.6 Å². The van der Waals surface area contributed by atoms with Gasteiger partial charge in [-0.2, -0.15) is 11.3 Å². The molecule has 1 nitrogen and oxygen atoms in total. The Morgan fingerprint density at radius 1 is 1.31 bits per heavy atom. The maximum Gasteiger partial charge on any atom is 0.119 e. The molecule has 1 unspecified atom stereocenters. The maximum absolute atomic E-state index is 6.44. The highest BCUT2D eigenvalue weighted by molar-refractivity contribution is 7.08. The van der Waals surface area contributed by atoms with Crippen molar-refractivity contribution in [3.63, 3.8) is 0 Å². The molecular formula is C13H13ClOS. The molecule has 0 aliphatic heterocycles. The third-order valence-electron chi connectivity index (χ3n) is 2.59. The Hall–Kier alpha value is -0.990. The smallest absolute Gasteiger partial charge is 0.119 e. The second kappa shape index (κ2) is 4.89. The van der Waals surface area contributed by atoms with Gasteiger partial charge in [0.15, 0.2) is 0 Å². The van der Waals surface area contributed by atoms with Crippen LogP contribution in [-0.2, 0) is 0 Å². The van der Waals surface area contributed by atoms with Crippen LogP contribution in [0.5, 0.6) is 5.75 Å². The first-order chi connectivity index (χ1) is 7.72. The molecule has 1 atom stereocenters. The summed E-state index contributed by atoms with van der Waals surface area (Å²) in [5.74, 6) is 0.871. The summed E-state index contributed by atoms with van der Waals surface area (Å²) in [7, 11) is 1.67. The summed E-state index contributed by atoms with van der Waals surface area (Å²) in [6.45, 7) is 2.06. The van der Waals surface area contributed by atoms with E-state index in [0.29, 0.717) is 0 Å². The minimum atomic E-state index is -0.0721. The van der Waals surface area contributed by atoms with E-state index in [1.54, 1.807) is 18.4 Å². The lowest BCUT2D eigenvalue weighted by Gasteiger charge is -2.12. The van der Waals surface area contributed by atoms with Crippen molar-refractivity contribution in [2.24, 2.45) is 0 Å². The van der Waals surface area contributed by atoms with E-state index in [1.807, 2.05) is 23.6 Å². The van der Waals surface area contributed by atoms with Crippen molar-refractivity contribution >= 4 is 22.9 Å². The van der Waals surface area contributed by atoms with E-state index < -0.39 is 0 Å². The van der Waals surface area contributed by atoms with Gasteiger partial charge in [-0.25, -0.2) is 0 Å². The zero-order chi connectivity index (χ0) is 11.5. The molecule has 84 valence electrons. The lowest BCUT2D eigenvalue weighted by Crippen LogP contribution is -1.95. The number of benzene rings is 1. The Balaban J connectivity index is 2.34. The van der Waals surface area contributed by atoms with Crippen molar-refractivity contribution in [2.75, 3.05) is 7.11 Å². The molecule has 0 radical (unpaired) electrons. The van der Waals surface area contributed by atoms with Crippen LogP contribution in [0.15, 0.2) is 35.0 Å². The lowest BCUT2D eigenvalue weighted by atomic mass is 10.0. The molecule has 1 aromatic heterocycles. The summed E-state index contributed by atoms with van der Waals surface area (Å²) in [6.07, 6.45) is 0. The van der Waals surface area contributed by atoms with Gasteiger partial charge in [-0.3, -0.25) is 0 Å². The van der Waals surface area contributed by atoms with Crippen LogP contribution in [0.2, 0.25) is 0 Å². The number of aryl methyl sites for hydroxylation is 1. The van der Waals surface area contributed by atoms with Gasteiger partial charge < -0.3 is 4.74 Å². The van der Waals surface area contributed by atoms with Crippen LogP contribution in [0, 0.1) is 6.92 Å². The molecule has 2 aromatic rings. The average molecular weight is 253 g/mol. The van der Waals surface area contributed by atoms with E-state index in [0.717, 1.165) is 22.4 Å². The van der Waals surface area contributed by atoms with Crippen molar-refractivity contribution in [1.82, 2.24) is 0 Å². The van der Waals surface area contributed by atoms with E-state index >= 15 is 0 Å². The number of rotatable bonds is 3. The van der Waals surface area contributed by atoms with Gasteiger partial charge in [0.05, 0.1) is 12.5 Å². The van der Waals surface area contributed by atoms with E-state index in [4.69, 9.17) is 16.3 Å². The van der Waals surface area contributed by atoms with Crippen LogP contribution in [0.4, 0.5) is 0 Å². The van der Waals surface area contributed by atoms with Crippen molar-refractivity contribution in [1.29, 1.82) is 0 Å². The van der Waals surface area contributed by atoms with Crippen LogP contribution in [0.1, 0.15) is 22.1 Å². The normalized spacial score (nSPS) is 12.4. The third kappa shape index (κ3) is 2.23. The number of methoxy groups -OCH3 is 1. The molecule has 3 heteroatoms. The summed E-state index contributed by atoms with van der Waals surface area (Å²) in [5, 5.41) is 4.06. The molecule has 0 saturated heterocycles. The van der Waals surface area contributed by atoms with Gasteiger partial charge in [-0.05, 0) is 52.6 Å². The maximum atomic E-state index is 6.44. The number of hydrogen-bond donors (Lipinski definition) is 0. The Morgan fingerprint density at radius 3 is 2.69 bits per heavy atom. The Labute approximate surface area is 105 Å². The van der Waals surface area contributed by atoms with Gasteiger partial charge in [0, 0.05) is 0 Å². The molecule has 1 heterocycles. The topological polar surface area (TPSA) is 9.23 Å². The Bertz CT molecular complexity index is 465. The summed E-state index contributed by atoms with van der Waals surface area (Å²) in [5.41, 5.74) is 3.45. The molecule has 0 aliphatic rings. The molecule has 0 N–H and O–H groups in total. The minimum absolute atomic E-state index is 0.0721. The number of thiophene rings is 1. The molecule has 0 fully saturated rings. The zero-order valence-corrected chi connectivity index (χ0v) is 10.8. The number of alkyl halides is 1. The SMILES string of the molecule is COc1ccc(C(Cl)c2ccsc2)c(C)c1. The van der Waals surface area contributed by atoms with Gasteiger partial charge in [0.2, 0.25) is 0 Å². The van der Waals surface area contributed by atoms with Crippen LogP contribution in [0.25, 0.3) is 0 Å². The van der Waals surface area contributed by atoms with Crippen LogP contribution >= 0.6 is 22.9 Å². The standard InChI is InChI=1S/C13H13ClOS/c1-9-7-11(15-2)3-4-12(9)13(14)10-5-6-16-8-10/h3-8,13H,1-2H3. The van der Waals surface area contributed by atoms with E-state index in [9.17, 15) is 0 Å². The first-order valence-electron chi connectivity index (χ1n) is 5.03. The molecule has 0 bridgehead atoms. The zero-order valence-electron chi connectivity index (χ0n) is 9.24. The van der Waals surface area contributed by atoms with Crippen molar-refractivity contribution in [2.45, 2.75) is 12.3 Å². The highest BCUT2D eigenvalue weighted by Crippen LogP contribution is 2.33. The lowest BCUT2D eigenvalue weighted by molar-refractivity contribution is 0.414.